The molecule has 0 heterocycles. The number of halogens is 2. The van der Waals surface area contributed by atoms with Crippen LogP contribution in [0.3, 0.4) is 0 Å². The number of nitrogens with zero attached hydrogens (tertiary/aromatic N) is 1. The quantitative estimate of drug-likeness (QED) is 0.863. The third kappa shape index (κ3) is 2.99. The van der Waals surface area contributed by atoms with Crippen LogP contribution in [0.5, 0.6) is 5.75 Å². The second-order valence-corrected chi connectivity index (χ2v) is 3.89. The van der Waals surface area contributed by atoms with Gasteiger partial charge in [0.2, 0.25) is 0 Å². The molecule has 5 heteroatoms. The van der Waals surface area contributed by atoms with Crippen LogP contribution in [0.1, 0.15) is 11.1 Å². The van der Waals surface area contributed by atoms with E-state index in [1.807, 2.05) is 0 Å². The lowest BCUT2D eigenvalue weighted by atomic mass is 10.2. The molecule has 0 saturated carbocycles. The van der Waals surface area contributed by atoms with E-state index in [-0.39, 0.29) is 23.6 Å². The lowest BCUT2D eigenvalue weighted by Gasteiger charge is -2.09. The largest absolute Gasteiger partial charge is 0.489 e. The van der Waals surface area contributed by atoms with Crippen LogP contribution in [0.15, 0.2) is 36.4 Å². The molecule has 0 aliphatic rings. The van der Waals surface area contributed by atoms with Crippen molar-refractivity contribution in [1.29, 1.82) is 5.26 Å². The summed E-state index contributed by atoms with van der Waals surface area (Å²) in [5, 5.41) is 8.60. The highest BCUT2D eigenvalue weighted by Crippen LogP contribution is 2.19. The molecule has 0 bridgehead atoms. The van der Waals surface area contributed by atoms with Gasteiger partial charge in [-0.05, 0) is 24.3 Å². The molecule has 0 unspecified atom stereocenters. The van der Waals surface area contributed by atoms with Crippen molar-refractivity contribution in [2.75, 3.05) is 5.73 Å². The van der Waals surface area contributed by atoms with Crippen molar-refractivity contribution in [3.8, 4) is 11.8 Å². The second-order valence-electron chi connectivity index (χ2n) is 3.89. The Bertz CT molecular complexity index is 650. The van der Waals surface area contributed by atoms with Crippen LogP contribution in [0, 0.1) is 23.0 Å². The molecule has 0 saturated heterocycles. The average Bonchev–Trinajstić information content (AvgIpc) is 2.38. The topological polar surface area (TPSA) is 59.0 Å². The van der Waals surface area contributed by atoms with E-state index in [1.165, 1.54) is 30.3 Å². The maximum absolute atomic E-state index is 13.3. The van der Waals surface area contributed by atoms with Crippen LogP contribution in [0.25, 0.3) is 0 Å². The first kappa shape index (κ1) is 12.8. The fraction of sp³-hybridized carbons (Fsp3) is 0.0714. The molecule has 2 N–H and O–H groups in total. The monoisotopic (exact) mass is 260 g/mol. The summed E-state index contributed by atoms with van der Waals surface area (Å²) >= 11 is 0. The molecule has 0 amide bonds. The van der Waals surface area contributed by atoms with Gasteiger partial charge in [-0.3, -0.25) is 0 Å². The maximum atomic E-state index is 13.3. The summed E-state index contributed by atoms with van der Waals surface area (Å²) in [6.45, 7) is 0.0947. The summed E-state index contributed by atoms with van der Waals surface area (Å²) in [5.41, 5.74) is 6.45. The van der Waals surface area contributed by atoms with Gasteiger partial charge in [0, 0.05) is 17.3 Å². The van der Waals surface area contributed by atoms with Gasteiger partial charge in [0.1, 0.15) is 30.1 Å². The van der Waals surface area contributed by atoms with Crippen molar-refractivity contribution in [3.63, 3.8) is 0 Å². The van der Waals surface area contributed by atoms with E-state index in [9.17, 15) is 8.78 Å². The van der Waals surface area contributed by atoms with Gasteiger partial charge < -0.3 is 10.5 Å². The minimum Gasteiger partial charge on any atom is -0.489 e. The van der Waals surface area contributed by atoms with Gasteiger partial charge in [0.25, 0.3) is 0 Å². The Morgan fingerprint density at radius 1 is 1.16 bits per heavy atom. The number of rotatable bonds is 3. The predicted molar refractivity (Wildman–Crippen MR) is 66.3 cm³/mol. The van der Waals surface area contributed by atoms with Gasteiger partial charge in [0.15, 0.2) is 0 Å². The third-order valence-corrected chi connectivity index (χ3v) is 2.56. The Morgan fingerprint density at radius 3 is 2.58 bits per heavy atom. The molecule has 2 aromatic rings. The lowest BCUT2D eigenvalue weighted by molar-refractivity contribution is 0.305. The first-order valence-electron chi connectivity index (χ1n) is 5.46. The fourth-order valence-electron chi connectivity index (χ4n) is 1.53. The highest BCUT2D eigenvalue weighted by atomic mass is 19.1. The van der Waals surface area contributed by atoms with Crippen LogP contribution < -0.4 is 10.5 Å². The first-order valence-corrected chi connectivity index (χ1v) is 5.46. The molecule has 0 atom stereocenters. The number of nitrogens with two attached hydrogens (primary N) is 1. The highest BCUT2D eigenvalue weighted by molar-refractivity contribution is 5.46. The lowest BCUT2D eigenvalue weighted by Crippen LogP contribution is -2.01. The summed E-state index contributed by atoms with van der Waals surface area (Å²) in [6.07, 6.45) is 0. The number of ether oxygens (including phenoxy) is 1. The Balaban J connectivity index is 2.10. The fourth-order valence-corrected chi connectivity index (χ4v) is 1.53. The molecule has 0 spiro atoms. The normalized spacial score (nSPS) is 9.95. The molecule has 3 nitrogen and oxygen atoms in total. The molecule has 2 aromatic carbocycles. The van der Waals surface area contributed by atoms with Crippen LogP contribution in [0.4, 0.5) is 14.5 Å². The van der Waals surface area contributed by atoms with Crippen molar-refractivity contribution in [3.05, 3.63) is 59.2 Å². The van der Waals surface area contributed by atoms with E-state index in [0.29, 0.717) is 5.56 Å². The van der Waals surface area contributed by atoms with Crippen LogP contribution in [0.2, 0.25) is 0 Å². The summed E-state index contributed by atoms with van der Waals surface area (Å²) in [7, 11) is 0. The van der Waals surface area contributed by atoms with Crippen molar-refractivity contribution >= 4 is 5.69 Å². The van der Waals surface area contributed by atoms with E-state index >= 15 is 0 Å². The van der Waals surface area contributed by atoms with Gasteiger partial charge in [0.05, 0.1) is 5.56 Å². The molecule has 96 valence electrons. The van der Waals surface area contributed by atoms with E-state index in [1.54, 1.807) is 6.07 Å². The van der Waals surface area contributed by atoms with E-state index < -0.39 is 11.6 Å². The van der Waals surface area contributed by atoms with Gasteiger partial charge in [-0.15, -0.1) is 0 Å². The second kappa shape index (κ2) is 5.36. The van der Waals surface area contributed by atoms with Crippen LogP contribution in [-0.4, -0.2) is 0 Å². The van der Waals surface area contributed by atoms with E-state index in [4.69, 9.17) is 15.7 Å². The SMILES string of the molecule is N#Cc1ccc(OCc2ccc(F)cc2N)cc1F. The van der Waals surface area contributed by atoms with E-state index in [0.717, 1.165) is 6.07 Å². The standard InChI is InChI=1S/C14H10F2N2O/c15-11-3-1-10(14(18)5-11)8-19-12-4-2-9(7-17)13(16)6-12/h1-6H,8,18H2. The molecular formula is C14H10F2N2O. The van der Waals surface area contributed by atoms with Gasteiger partial charge >= 0.3 is 0 Å². The molecule has 0 radical (unpaired) electrons. The summed E-state index contributed by atoms with van der Waals surface area (Å²) in [4.78, 5) is 0. The molecular weight excluding hydrogens is 250 g/mol. The van der Waals surface area contributed by atoms with Gasteiger partial charge in [-0.2, -0.15) is 5.26 Å². The van der Waals surface area contributed by atoms with Gasteiger partial charge in [-0.1, -0.05) is 6.07 Å². The maximum Gasteiger partial charge on any atom is 0.144 e. The number of nitriles is 1. The molecule has 2 rings (SSSR count). The number of hydrogen-bond acceptors (Lipinski definition) is 3. The molecule has 19 heavy (non-hydrogen) atoms. The summed E-state index contributed by atoms with van der Waals surface area (Å²) < 4.78 is 31.5. The summed E-state index contributed by atoms with van der Waals surface area (Å²) in [5.74, 6) is -0.794. The number of nitrogen functional groups attached to an aromatic ring is 1. The summed E-state index contributed by atoms with van der Waals surface area (Å²) in [6, 6.07) is 9.63. The van der Waals surface area contributed by atoms with E-state index in [2.05, 4.69) is 0 Å². The Kier molecular flexibility index (Phi) is 3.62. The minimum atomic E-state index is -0.646. The van der Waals surface area contributed by atoms with Crippen molar-refractivity contribution in [2.45, 2.75) is 6.61 Å². The first-order chi connectivity index (χ1) is 9.10. The highest BCUT2D eigenvalue weighted by Gasteiger charge is 2.05. The number of hydrogen-bond donors (Lipinski definition) is 1. The zero-order valence-corrected chi connectivity index (χ0v) is 9.86. The molecule has 0 aliphatic carbocycles. The molecule has 0 aliphatic heterocycles. The smallest absolute Gasteiger partial charge is 0.144 e. The number of anilines is 1. The van der Waals surface area contributed by atoms with Crippen LogP contribution in [-0.2, 0) is 6.61 Å². The molecule has 0 aromatic heterocycles. The average molecular weight is 260 g/mol. The Labute approximate surface area is 108 Å². The van der Waals surface area contributed by atoms with Crippen molar-refractivity contribution < 1.29 is 13.5 Å². The van der Waals surface area contributed by atoms with Crippen molar-refractivity contribution in [2.24, 2.45) is 0 Å². The third-order valence-electron chi connectivity index (χ3n) is 2.56. The predicted octanol–water partition coefficient (Wildman–Crippen LogP) is 3.00. The Hall–Kier alpha value is -2.61. The minimum absolute atomic E-state index is 0.0475. The number of benzene rings is 2. The van der Waals surface area contributed by atoms with Crippen molar-refractivity contribution in [1.82, 2.24) is 0 Å². The Morgan fingerprint density at radius 2 is 1.95 bits per heavy atom. The molecule has 0 fully saturated rings. The zero-order valence-electron chi connectivity index (χ0n) is 9.86. The zero-order chi connectivity index (χ0) is 13.8. The van der Waals surface area contributed by atoms with Gasteiger partial charge in [-0.25, -0.2) is 8.78 Å². The van der Waals surface area contributed by atoms with Crippen LogP contribution >= 0.6 is 0 Å².